The van der Waals surface area contributed by atoms with Crippen molar-refractivity contribution in [1.82, 2.24) is 9.55 Å². The van der Waals surface area contributed by atoms with E-state index in [1.54, 1.807) is 6.07 Å². The molecule has 0 fully saturated rings. The molecule has 98 valence electrons. The average Bonchev–Trinajstić information content (AvgIpc) is 2.85. The molecule has 19 heavy (non-hydrogen) atoms. The highest BCUT2D eigenvalue weighted by Crippen LogP contribution is 2.27. The summed E-state index contributed by atoms with van der Waals surface area (Å²) in [6.07, 6.45) is 3.80. The van der Waals surface area contributed by atoms with Crippen molar-refractivity contribution in [1.29, 1.82) is 5.41 Å². The van der Waals surface area contributed by atoms with E-state index >= 15 is 0 Å². The number of nitrogen functional groups attached to an aromatic ring is 1. The van der Waals surface area contributed by atoms with Crippen LogP contribution < -0.4 is 10.6 Å². The molecule has 0 amide bonds. The fourth-order valence-corrected chi connectivity index (χ4v) is 2.55. The van der Waals surface area contributed by atoms with E-state index in [0.29, 0.717) is 10.6 Å². The Morgan fingerprint density at radius 1 is 1.37 bits per heavy atom. The molecular formula is C13H14ClN5. The van der Waals surface area contributed by atoms with Gasteiger partial charge in [0.25, 0.3) is 0 Å². The summed E-state index contributed by atoms with van der Waals surface area (Å²) in [4.78, 5) is 6.51. The van der Waals surface area contributed by atoms with Crippen LogP contribution in [0.15, 0.2) is 30.6 Å². The molecule has 1 aromatic heterocycles. The van der Waals surface area contributed by atoms with E-state index in [9.17, 15) is 0 Å². The molecule has 3 N–H and O–H groups in total. The Bertz CT molecular complexity index is 634. The zero-order chi connectivity index (χ0) is 13.4. The molecule has 3 rings (SSSR count). The number of anilines is 1. The Balaban J connectivity index is 1.98. The lowest BCUT2D eigenvalue weighted by Crippen LogP contribution is -2.35. The molecule has 0 unspecified atom stereocenters. The van der Waals surface area contributed by atoms with Crippen molar-refractivity contribution in [3.05, 3.63) is 47.0 Å². The second-order valence-corrected chi connectivity index (χ2v) is 4.97. The number of rotatable bonds is 2. The monoisotopic (exact) mass is 275 g/mol. The summed E-state index contributed by atoms with van der Waals surface area (Å²) in [6.45, 7) is 2.47. The molecule has 0 saturated heterocycles. The molecule has 0 saturated carbocycles. The molecule has 0 spiro atoms. The van der Waals surface area contributed by atoms with Gasteiger partial charge in [0.15, 0.2) is 0 Å². The number of nitrogens with two attached hydrogens (primary N) is 1. The van der Waals surface area contributed by atoms with Gasteiger partial charge in [-0.05, 0) is 18.2 Å². The van der Waals surface area contributed by atoms with Gasteiger partial charge in [0.2, 0.25) is 0 Å². The molecule has 5 nitrogen and oxygen atoms in total. The Hall–Kier alpha value is -2.01. The van der Waals surface area contributed by atoms with Gasteiger partial charge in [-0.3, -0.25) is 5.41 Å². The minimum atomic E-state index is 0.0337. The largest absolute Gasteiger partial charge is 0.384 e. The van der Waals surface area contributed by atoms with Crippen LogP contribution in [0, 0.1) is 5.41 Å². The first-order valence-corrected chi connectivity index (χ1v) is 6.42. The van der Waals surface area contributed by atoms with Crippen LogP contribution in [0.4, 0.5) is 5.69 Å². The molecule has 0 bridgehead atoms. The highest BCUT2D eigenvalue weighted by Gasteiger charge is 2.20. The third-order valence-corrected chi connectivity index (χ3v) is 3.57. The Morgan fingerprint density at radius 3 is 3.00 bits per heavy atom. The molecule has 2 aromatic rings. The second-order valence-electron chi connectivity index (χ2n) is 4.53. The predicted molar refractivity (Wildman–Crippen MR) is 75.7 cm³/mol. The van der Waals surface area contributed by atoms with E-state index in [0.717, 1.165) is 31.1 Å². The topological polar surface area (TPSA) is 70.9 Å². The summed E-state index contributed by atoms with van der Waals surface area (Å²) in [7, 11) is 0. The normalized spacial score (nSPS) is 14.3. The number of aromatic nitrogens is 2. The van der Waals surface area contributed by atoms with E-state index in [1.165, 1.54) is 0 Å². The number of halogens is 1. The summed E-state index contributed by atoms with van der Waals surface area (Å²) in [6, 6.07) is 5.47. The predicted octanol–water partition coefficient (Wildman–Crippen LogP) is 1.84. The molecule has 1 aromatic carbocycles. The molecule has 0 atom stereocenters. The van der Waals surface area contributed by atoms with Crippen LogP contribution in [-0.2, 0) is 13.1 Å². The van der Waals surface area contributed by atoms with Crippen molar-refractivity contribution in [2.24, 2.45) is 5.73 Å². The van der Waals surface area contributed by atoms with Crippen molar-refractivity contribution in [2.45, 2.75) is 13.1 Å². The molecule has 1 aliphatic rings. The van der Waals surface area contributed by atoms with Gasteiger partial charge in [0.1, 0.15) is 11.7 Å². The van der Waals surface area contributed by atoms with E-state index in [4.69, 9.17) is 22.7 Å². The van der Waals surface area contributed by atoms with Crippen molar-refractivity contribution >= 4 is 23.1 Å². The first kappa shape index (κ1) is 12.0. The number of amidine groups is 1. The van der Waals surface area contributed by atoms with E-state index in [1.807, 2.05) is 24.5 Å². The van der Waals surface area contributed by atoms with Gasteiger partial charge >= 0.3 is 0 Å². The Labute approximate surface area is 116 Å². The molecule has 2 heterocycles. The maximum absolute atomic E-state index is 7.68. The summed E-state index contributed by atoms with van der Waals surface area (Å²) >= 11 is 5.98. The summed E-state index contributed by atoms with van der Waals surface area (Å²) in [5.41, 5.74) is 7.25. The van der Waals surface area contributed by atoms with Crippen molar-refractivity contribution in [2.75, 3.05) is 11.4 Å². The highest BCUT2D eigenvalue weighted by molar-refractivity contribution is 6.31. The minimum Gasteiger partial charge on any atom is -0.384 e. The number of hydrogen-bond donors (Lipinski definition) is 2. The van der Waals surface area contributed by atoms with Crippen LogP contribution in [0.25, 0.3) is 0 Å². The number of imidazole rings is 1. The molecule has 0 radical (unpaired) electrons. The van der Waals surface area contributed by atoms with Crippen LogP contribution in [0.2, 0.25) is 5.02 Å². The van der Waals surface area contributed by atoms with Gasteiger partial charge < -0.3 is 15.2 Å². The van der Waals surface area contributed by atoms with Crippen LogP contribution in [0.1, 0.15) is 11.4 Å². The SMILES string of the molecule is N=C(N)c1cc(Cl)ccc1N1CCn2ccnc2C1. The van der Waals surface area contributed by atoms with Gasteiger partial charge in [-0.25, -0.2) is 4.98 Å². The Kier molecular flexibility index (Phi) is 2.91. The number of fused-ring (bicyclic) bond motifs is 1. The lowest BCUT2D eigenvalue weighted by atomic mass is 10.1. The van der Waals surface area contributed by atoms with E-state index < -0.39 is 0 Å². The van der Waals surface area contributed by atoms with Gasteiger partial charge in [0.05, 0.1) is 6.54 Å². The second kappa shape index (κ2) is 4.59. The summed E-state index contributed by atoms with van der Waals surface area (Å²) < 4.78 is 2.14. The zero-order valence-corrected chi connectivity index (χ0v) is 11.1. The first-order valence-electron chi connectivity index (χ1n) is 6.04. The third kappa shape index (κ3) is 2.17. The smallest absolute Gasteiger partial charge is 0.128 e. The Morgan fingerprint density at radius 2 is 2.21 bits per heavy atom. The van der Waals surface area contributed by atoms with Crippen LogP contribution in [-0.4, -0.2) is 21.9 Å². The first-order chi connectivity index (χ1) is 9.15. The maximum atomic E-state index is 7.68. The van der Waals surface area contributed by atoms with E-state index in [2.05, 4.69) is 14.5 Å². The quantitative estimate of drug-likeness (QED) is 0.649. The fraction of sp³-hybridized carbons (Fsp3) is 0.231. The highest BCUT2D eigenvalue weighted by atomic mass is 35.5. The van der Waals surface area contributed by atoms with Gasteiger partial charge in [-0.1, -0.05) is 11.6 Å². The molecule has 1 aliphatic heterocycles. The van der Waals surface area contributed by atoms with Gasteiger partial charge in [-0.2, -0.15) is 0 Å². The molecule has 0 aliphatic carbocycles. The van der Waals surface area contributed by atoms with Crippen molar-refractivity contribution in [3.8, 4) is 0 Å². The average molecular weight is 276 g/mol. The lowest BCUT2D eigenvalue weighted by molar-refractivity contribution is 0.560. The third-order valence-electron chi connectivity index (χ3n) is 3.33. The zero-order valence-electron chi connectivity index (χ0n) is 10.3. The maximum Gasteiger partial charge on any atom is 0.128 e. The van der Waals surface area contributed by atoms with Crippen LogP contribution in [0.3, 0.4) is 0 Å². The standard InChI is InChI=1S/C13H14ClN5/c14-9-1-2-11(10(7-9)13(15)16)19-6-5-18-4-3-17-12(18)8-19/h1-4,7H,5-6,8H2,(H3,15,16). The van der Waals surface area contributed by atoms with E-state index in [-0.39, 0.29) is 5.84 Å². The van der Waals surface area contributed by atoms with Crippen molar-refractivity contribution in [3.63, 3.8) is 0 Å². The van der Waals surface area contributed by atoms with Gasteiger partial charge in [0, 0.05) is 41.8 Å². The number of nitrogens with zero attached hydrogens (tertiary/aromatic N) is 3. The summed E-state index contributed by atoms with van der Waals surface area (Å²) in [5.74, 6) is 1.06. The fourth-order valence-electron chi connectivity index (χ4n) is 2.38. The lowest BCUT2D eigenvalue weighted by Gasteiger charge is -2.31. The minimum absolute atomic E-state index is 0.0337. The van der Waals surface area contributed by atoms with Crippen LogP contribution >= 0.6 is 11.6 Å². The number of benzene rings is 1. The number of hydrogen-bond acceptors (Lipinski definition) is 3. The van der Waals surface area contributed by atoms with Gasteiger partial charge in [-0.15, -0.1) is 0 Å². The molecular weight excluding hydrogens is 262 g/mol. The van der Waals surface area contributed by atoms with Crippen LogP contribution in [0.5, 0.6) is 0 Å². The molecule has 6 heteroatoms. The van der Waals surface area contributed by atoms with Crippen molar-refractivity contribution < 1.29 is 0 Å². The summed E-state index contributed by atoms with van der Waals surface area (Å²) in [5, 5.41) is 8.27. The number of nitrogens with one attached hydrogen (secondary N) is 1.